The van der Waals surface area contributed by atoms with E-state index >= 15 is 0 Å². The lowest BCUT2D eigenvalue weighted by atomic mass is 10.0. The number of benzene rings is 1. The van der Waals surface area contributed by atoms with Crippen LogP contribution in [-0.4, -0.2) is 16.5 Å². The third-order valence-corrected chi connectivity index (χ3v) is 2.93. The summed E-state index contributed by atoms with van der Waals surface area (Å²) in [6.07, 6.45) is 1.48. The number of hydrogen-bond acceptors (Lipinski definition) is 4. The number of para-hydroxylation sites is 1. The topological polar surface area (TPSA) is 49.8 Å². The summed E-state index contributed by atoms with van der Waals surface area (Å²) in [7, 11) is 0. The zero-order valence-electron chi connectivity index (χ0n) is 11.9. The molecule has 1 aromatic carbocycles. The summed E-state index contributed by atoms with van der Waals surface area (Å²) in [6.45, 7) is 6.91. The summed E-state index contributed by atoms with van der Waals surface area (Å²) in [5.74, 6) is 1.35. The van der Waals surface area contributed by atoms with Gasteiger partial charge in [0.1, 0.15) is 23.8 Å². The molecule has 0 radical (unpaired) electrons. The molecule has 0 atom stereocenters. The summed E-state index contributed by atoms with van der Waals surface area (Å²) in [5, 5.41) is 6.27. The monoisotopic (exact) mass is 274 g/mol. The summed E-state index contributed by atoms with van der Waals surface area (Å²) in [6, 6.07) is 6.55. The van der Waals surface area contributed by atoms with E-state index in [0.717, 1.165) is 17.9 Å². The van der Waals surface area contributed by atoms with Gasteiger partial charge in [-0.15, -0.1) is 0 Å². The van der Waals surface area contributed by atoms with E-state index in [9.17, 15) is 4.39 Å². The normalized spacial score (nSPS) is 10.7. The molecule has 2 N–H and O–H groups in total. The number of aromatic nitrogens is 2. The zero-order valence-corrected chi connectivity index (χ0v) is 11.9. The predicted molar refractivity (Wildman–Crippen MR) is 80.0 cm³/mol. The molecular weight excluding hydrogens is 255 g/mol. The smallest absolute Gasteiger partial charge is 0.146 e. The van der Waals surface area contributed by atoms with Gasteiger partial charge in [0.25, 0.3) is 0 Å². The van der Waals surface area contributed by atoms with Crippen molar-refractivity contribution in [2.45, 2.75) is 26.7 Å². The van der Waals surface area contributed by atoms with E-state index < -0.39 is 0 Å². The molecule has 5 heteroatoms. The van der Waals surface area contributed by atoms with Crippen LogP contribution in [0.5, 0.6) is 0 Å². The second-order valence-electron chi connectivity index (χ2n) is 4.77. The van der Waals surface area contributed by atoms with Crippen LogP contribution in [0.3, 0.4) is 0 Å². The van der Waals surface area contributed by atoms with Crippen LogP contribution in [0.25, 0.3) is 0 Å². The maximum Gasteiger partial charge on any atom is 0.146 e. The molecule has 0 spiro atoms. The van der Waals surface area contributed by atoms with Crippen molar-refractivity contribution in [3.05, 3.63) is 42.0 Å². The summed E-state index contributed by atoms with van der Waals surface area (Å²) in [5.41, 5.74) is 1.37. The maximum atomic E-state index is 13.7. The molecule has 2 rings (SSSR count). The lowest BCUT2D eigenvalue weighted by Crippen LogP contribution is -2.09. The molecule has 2 aromatic rings. The van der Waals surface area contributed by atoms with Crippen molar-refractivity contribution < 1.29 is 4.39 Å². The van der Waals surface area contributed by atoms with E-state index in [1.54, 1.807) is 18.2 Å². The van der Waals surface area contributed by atoms with Crippen LogP contribution in [-0.2, 0) is 0 Å². The van der Waals surface area contributed by atoms with E-state index in [1.165, 1.54) is 12.4 Å². The molecule has 0 aliphatic carbocycles. The van der Waals surface area contributed by atoms with Gasteiger partial charge in [0.05, 0.1) is 5.69 Å². The Morgan fingerprint density at radius 3 is 2.50 bits per heavy atom. The largest absolute Gasteiger partial charge is 0.370 e. The van der Waals surface area contributed by atoms with Gasteiger partial charge in [0.2, 0.25) is 0 Å². The van der Waals surface area contributed by atoms with Crippen molar-refractivity contribution in [2.24, 2.45) is 0 Å². The summed E-state index contributed by atoms with van der Waals surface area (Å²) >= 11 is 0. The molecule has 0 amide bonds. The van der Waals surface area contributed by atoms with Gasteiger partial charge in [-0.25, -0.2) is 14.4 Å². The maximum absolute atomic E-state index is 13.7. The number of rotatable bonds is 5. The first kappa shape index (κ1) is 14.2. The molecule has 0 unspecified atom stereocenters. The van der Waals surface area contributed by atoms with E-state index in [4.69, 9.17) is 0 Å². The minimum Gasteiger partial charge on any atom is -0.370 e. The molecule has 1 heterocycles. The standard InChI is InChI=1S/C15H19FN4/c1-4-17-14-13(10(2)3)15(19-9-18-14)20-12-8-6-5-7-11(12)16/h5-10H,4H2,1-3H3,(H2,17,18,19,20). The second-order valence-corrected chi connectivity index (χ2v) is 4.77. The fourth-order valence-electron chi connectivity index (χ4n) is 2.04. The molecule has 0 bridgehead atoms. The van der Waals surface area contributed by atoms with Gasteiger partial charge in [0, 0.05) is 12.1 Å². The highest BCUT2D eigenvalue weighted by Crippen LogP contribution is 2.30. The highest BCUT2D eigenvalue weighted by Gasteiger charge is 2.15. The number of halogens is 1. The van der Waals surface area contributed by atoms with E-state index in [-0.39, 0.29) is 11.7 Å². The first-order valence-electron chi connectivity index (χ1n) is 6.73. The average molecular weight is 274 g/mol. The van der Waals surface area contributed by atoms with E-state index in [2.05, 4.69) is 34.4 Å². The van der Waals surface area contributed by atoms with Crippen molar-refractivity contribution in [1.29, 1.82) is 0 Å². The van der Waals surface area contributed by atoms with Crippen LogP contribution < -0.4 is 10.6 Å². The van der Waals surface area contributed by atoms with Gasteiger partial charge in [-0.05, 0) is 25.0 Å². The number of nitrogens with one attached hydrogen (secondary N) is 2. The first-order chi connectivity index (χ1) is 9.63. The lowest BCUT2D eigenvalue weighted by molar-refractivity contribution is 0.631. The van der Waals surface area contributed by atoms with Crippen LogP contribution in [0.2, 0.25) is 0 Å². The van der Waals surface area contributed by atoms with Crippen LogP contribution in [0, 0.1) is 5.82 Å². The Morgan fingerprint density at radius 1 is 1.15 bits per heavy atom. The Bertz CT molecular complexity index is 584. The van der Waals surface area contributed by atoms with Crippen LogP contribution in [0.4, 0.5) is 21.7 Å². The van der Waals surface area contributed by atoms with Crippen molar-refractivity contribution in [3.63, 3.8) is 0 Å². The SMILES string of the molecule is CCNc1ncnc(Nc2ccccc2F)c1C(C)C. The highest BCUT2D eigenvalue weighted by atomic mass is 19.1. The first-order valence-corrected chi connectivity index (χ1v) is 6.73. The minimum atomic E-state index is -0.300. The van der Waals surface area contributed by atoms with Crippen LogP contribution in [0.15, 0.2) is 30.6 Å². The van der Waals surface area contributed by atoms with Crippen molar-refractivity contribution in [2.75, 3.05) is 17.2 Å². The molecule has 0 saturated carbocycles. The second kappa shape index (κ2) is 6.32. The highest BCUT2D eigenvalue weighted by molar-refractivity contribution is 5.66. The number of anilines is 3. The Morgan fingerprint density at radius 2 is 1.85 bits per heavy atom. The molecule has 0 aliphatic heterocycles. The minimum absolute atomic E-state index is 0.222. The lowest BCUT2D eigenvalue weighted by Gasteiger charge is -2.17. The molecule has 106 valence electrons. The molecule has 0 aliphatic rings. The predicted octanol–water partition coefficient (Wildman–Crippen LogP) is 3.91. The molecule has 4 nitrogen and oxygen atoms in total. The fraction of sp³-hybridized carbons (Fsp3) is 0.333. The third kappa shape index (κ3) is 3.04. The van der Waals surface area contributed by atoms with Gasteiger partial charge < -0.3 is 10.6 Å². The van der Waals surface area contributed by atoms with Crippen LogP contribution in [0.1, 0.15) is 32.3 Å². The molecule has 0 saturated heterocycles. The third-order valence-electron chi connectivity index (χ3n) is 2.93. The average Bonchev–Trinajstić information content (AvgIpc) is 2.41. The Kier molecular flexibility index (Phi) is 4.50. The Hall–Kier alpha value is -2.17. The fourth-order valence-corrected chi connectivity index (χ4v) is 2.04. The molecule has 1 aromatic heterocycles. The van der Waals surface area contributed by atoms with Gasteiger partial charge in [-0.3, -0.25) is 0 Å². The number of hydrogen-bond donors (Lipinski definition) is 2. The molecule has 20 heavy (non-hydrogen) atoms. The van der Waals surface area contributed by atoms with Crippen molar-refractivity contribution in [1.82, 2.24) is 9.97 Å². The van der Waals surface area contributed by atoms with Crippen molar-refractivity contribution >= 4 is 17.3 Å². The summed E-state index contributed by atoms with van der Waals surface area (Å²) < 4.78 is 13.7. The van der Waals surface area contributed by atoms with E-state index in [0.29, 0.717) is 11.5 Å². The zero-order chi connectivity index (χ0) is 14.5. The van der Waals surface area contributed by atoms with Gasteiger partial charge in [-0.2, -0.15) is 0 Å². The molecule has 0 fully saturated rings. The van der Waals surface area contributed by atoms with Gasteiger partial charge >= 0.3 is 0 Å². The van der Waals surface area contributed by atoms with Crippen molar-refractivity contribution in [3.8, 4) is 0 Å². The molecular formula is C15H19FN4. The Balaban J connectivity index is 2.41. The van der Waals surface area contributed by atoms with Gasteiger partial charge in [-0.1, -0.05) is 26.0 Å². The quantitative estimate of drug-likeness (QED) is 0.867. The number of nitrogens with zero attached hydrogens (tertiary/aromatic N) is 2. The van der Waals surface area contributed by atoms with E-state index in [1.807, 2.05) is 6.92 Å². The van der Waals surface area contributed by atoms with Crippen LogP contribution >= 0.6 is 0 Å². The summed E-state index contributed by atoms with van der Waals surface area (Å²) in [4.78, 5) is 8.51. The van der Waals surface area contributed by atoms with Gasteiger partial charge in [0.15, 0.2) is 0 Å². The Labute approximate surface area is 118 Å².